The molecule has 1 amide bonds. The van der Waals surface area contributed by atoms with Crippen LogP contribution in [0.2, 0.25) is 0 Å². The van der Waals surface area contributed by atoms with Gasteiger partial charge in [0.1, 0.15) is 0 Å². The highest BCUT2D eigenvalue weighted by Gasteiger charge is 2.26. The van der Waals surface area contributed by atoms with Crippen molar-refractivity contribution in [2.24, 2.45) is 5.92 Å². The molecule has 25 heavy (non-hydrogen) atoms. The van der Waals surface area contributed by atoms with Crippen molar-refractivity contribution in [3.63, 3.8) is 0 Å². The molecule has 3 rings (SSSR count). The van der Waals surface area contributed by atoms with Gasteiger partial charge in [-0.2, -0.15) is 0 Å². The number of nitrogens with one attached hydrogen (secondary N) is 1. The lowest BCUT2D eigenvalue weighted by Crippen LogP contribution is -2.45. The maximum Gasteiger partial charge on any atom is 0.338 e. The number of benzene rings is 2. The van der Waals surface area contributed by atoms with Gasteiger partial charge in [0.15, 0.2) is 6.10 Å². The molecule has 1 saturated carbocycles. The number of amides is 1. The molecular formula is C21H25NO3. The molecular weight excluding hydrogens is 314 g/mol. The molecule has 4 nitrogen and oxygen atoms in total. The Morgan fingerprint density at radius 3 is 2.56 bits per heavy atom. The van der Waals surface area contributed by atoms with Gasteiger partial charge >= 0.3 is 5.97 Å². The summed E-state index contributed by atoms with van der Waals surface area (Å²) >= 11 is 0. The van der Waals surface area contributed by atoms with E-state index in [0.717, 1.165) is 30.0 Å². The van der Waals surface area contributed by atoms with Gasteiger partial charge in [0.25, 0.3) is 5.91 Å². The molecule has 0 saturated heterocycles. The van der Waals surface area contributed by atoms with Gasteiger partial charge < -0.3 is 10.1 Å². The van der Waals surface area contributed by atoms with Crippen LogP contribution in [0.4, 0.5) is 0 Å². The van der Waals surface area contributed by atoms with E-state index in [4.69, 9.17) is 4.74 Å². The van der Waals surface area contributed by atoms with Gasteiger partial charge in [0.2, 0.25) is 0 Å². The molecule has 0 radical (unpaired) electrons. The third-order valence-electron chi connectivity index (χ3n) is 5.08. The molecule has 0 unspecified atom stereocenters. The molecule has 4 heteroatoms. The molecule has 2 aromatic rings. The molecule has 1 fully saturated rings. The van der Waals surface area contributed by atoms with Crippen molar-refractivity contribution in [3.8, 4) is 0 Å². The topological polar surface area (TPSA) is 55.4 Å². The van der Waals surface area contributed by atoms with Crippen LogP contribution in [0, 0.1) is 5.92 Å². The number of rotatable bonds is 4. The Hall–Kier alpha value is -2.36. The summed E-state index contributed by atoms with van der Waals surface area (Å²) in [5.74, 6) is -0.209. The first-order valence-corrected chi connectivity index (χ1v) is 9.05. The number of ether oxygens (including phenoxy) is 1. The average Bonchev–Trinajstić information content (AvgIpc) is 2.63. The monoisotopic (exact) mass is 339 g/mol. The maximum atomic E-state index is 12.4. The number of fused-ring (bicyclic) bond motifs is 1. The summed E-state index contributed by atoms with van der Waals surface area (Å²) < 4.78 is 5.37. The van der Waals surface area contributed by atoms with E-state index in [1.165, 1.54) is 6.42 Å². The highest BCUT2D eigenvalue weighted by molar-refractivity contribution is 5.96. The Morgan fingerprint density at radius 1 is 1.08 bits per heavy atom. The second kappa shape index (κ2) is 7.68. The fourth-order valence-corrected chi connectivity index (χ4v) is 3.43. The molecule has 1 aliphatic carbocycles. The molecule has 3 atom stereocenters. The lowest BCUT2D eigenvalue weighted by Gasteiger charge is -2.30. The van der Waals surface area contributed by atoms with Crippen molar-refractivity contribution in [2.75, 3.05) is 0 Å². The van der Waals surface area contributed by atoms with Crippen LogP contribution >= 0.6 is 0 Å². The molecule has 0 heterocycles. The molecule has 1 aliphatic rings. The number of esters is 1. The first kappa shape index (κ1) is 17.5. The third kappa shape index (κ3) is 4.19. The smallest absolute Gasteiger partial charge is 0.338 e. The van der Waals surface area contributed by atoms with Crippen LogP contribution in [0.5, 0.6) is 0 Å². The SMILES string of the molecule is C[C@@H](OC(=O)c1ccc2ccccc2c1)C(=O)N[C@H]1CCCC[C@@H]1C. The molecule has 0 aromatic heterocycles. The van der Waals surface area contributed by atoms with E-state index >= 15 is 0 Å². The quantitative estimate of drug-likeness (QED) is 0.854. The molecule has 0 spiro atoms. The van der Waals surface area contributed by atoms with Gasteiger partial charge in [-0.25, -0.2) is 4.79 Å². The minimum absolute atomic E-state index is 0.183. The van der Waals surface area contributed by atoms with E-state index in [0.29, 0.717) is 11.5 Å². The fourth-order valence-electron chi connectivity index (χ4n) is 3.43. The second-order valence-corrected chi connectivity index (χ2v) is 6.99. The van der Waals surface area contributed by atoms with Gasteiger partial charge in [0, 0.05) is 6.04 Å². The van der Waals surface area contributed by atoms with Gasteiger partial charge in [-0.3, -0.25) is 4.79 Å². The third-order valence-corrected chi connectivity index (χ3v) is 5.08. The summed E-state index contributed by atoms with van der Waals surface area (Å²) in [6, 6.07) is 13.4. The summed E-state index contributed by atoms with van der Waals surface area (Å²) in [6.07, 6.45) is 3.70. The van der Waals surface area contributed by atoms with E-state index in [1.54, 1.807) is 19.1 Å². The van der Waals surface area contributed by atoms with E-state index in [1.807, 2.05) is 30.3 Å². The first-order valence-electron chi connectivity index (χ1n) is 9.05. The number of carbonyl (C=O) groups is 2. The highest BCUT2D eigenvalue weighted by Crippen LogP contribution is 2.24. The first-order chi connectivity index (χ1) is 12.0. The van der Waals surface area contributed by atoms with Crippen LogP contribution in [-0.2, 0) is 9.53 Å². The zero-order valence-corrected chi connectivity index (χ0v) is 14.8. The largest absolute Gasteiger partial charge is 0.449 e. The Balaban J connectivity index is 1.61. The van der Waals surface area contributed by atoms with E-state index in [2.05, 4.69) is 12.2 Å². The van der Waals surface area contributed by atoms with Gasteiger partial charge in [0.05, 0.1) is 5.56 Å². The van der Waals surface area contributed by atoms with Gasteiger partial charge in [-0.05, 0) is 48.6 Å². The number of hydrogen-bond donors (Lipinski definition) is 1. The predicted octanol–water partition coefficient (Wildman–Crippen LogP) is 4.08. The van der Waals surface area contributed by atoms with Gasteiger partial charge in [-0.15, -0.1) is 0 Å². The minimum atomic E-state index is -0.798. The van der Waals surface area contributed by atoms with E-state index in [-0.39, 0.29) is 11.9 Å². The van der Waals surface area contributed by atoms with Crippen LogP contribution in [0.3, 0.4) is 0 Å². The zero-order valence-electron chi connectivity index (χ0n) is 14.8. The van der Waals surface area contributed by atoms with E-state index < -0.39 is 12.1 Å². The Bertz CT molecular complexity index is 771. The Labute approximate surface area is 148 Å². The van der Waals surface area contributed by atoms with Crippen LogP contribution in [0.15, 0.2) is 42.5 Å². The molecule has 132 valence electrons. The summed E-state index contributed by atoms with van der Waals surface area (Å²) in [5, 5.41) is 5.08. The standard InChI is InChI=1S/C21H25NO3/c1-14-7-3-6-10-19(14)22-20(23)15(2)25-21(24)18-12-11-16-8-4-5-9-17(16)13-18/h4-5,8-9,11-15,19H,3,6-7,10H2,1-2H3,(H,22,23)/t14-,15+,19-/m0/s1. The van der Waals surface area contributed by atoms with Crippen LogP contribution in [-0.4, -0.2) is 24.0 Å². The normalized spacial score (nSPS) is 21.5. The van der Waals surface area contributed by atoms with Crippen molar-refractivity contribution < 1.29 is 14.3 Å². The lowest BCUT2D eigenvalue weighted by molar-refractivity contribution is -0.130. The number of carbonyl (C=O) groups excluding carboxylic acids is 2. The van der Waals surface area contributed by atoms with Crippen molar-refractivity contribution in [2.45, 2.75) is 51.7 Å². The lowest BCUT2D eigenvalue weighted by atomic mass is 9.86. The summed E-state index contributed by atoms with van der Waals surface area (Å²) in [4.78, 5) is 24.7. The summed E-state index contributed by atoms with van der Waals surface area (Å²) in [6.45, 7) is 3.79. The van der Waals surface area contributed by atoms with E-state index in [9.17, 15) is 9.59 Å². The average molecular weight is 339 g/mol. The summed E-state index contributed by atoms with van der Waals surface area (Å²) in [7, 11) is 0. The van der Waals surface area contributed by atoms with Crippen molar-refractivity contribution in [1.82, 2.24) is 5.32 Å². The fraction of sp³-hybridized carbons (Fsp3) is 0.429. The Morgan fingerprint density at radius 2 is 1.80 bits per heavy atom. The maximum absolute atomic E-state index is 12.4. The van der Waals surface area contributed by atoms with Crippen LogP contribution in [0.25, 0.3) is 10.8 Å². The van der Waals surface area contributed by atoms with Crippen molar-refractivity contribution in [3.05, 3.63) is 48.0 Å². The van der Waals surface area contributed by atoms with Crippen molar-refractivity contribution in [1.29, 1.82) is 0 Å². The molecule has 2 aromatic carbocycles. The molecule has 0 bridgehead atoms. The molecule has 0 aliphatic heterocycles. The Kier molecular flexibility index (Phi) is 5.37. The predicted molar refractivity (Wildman–Crippen MR) is 98.4 cm³/mol. The van der Waals surface area contributed by atoms with Crippen LogP contribution in [0.1, 0.15) is 49.9 Å². The minimum Gasteiger partial charge on any atom is -0.449 e. The van der Waals surface area contributed by atoms with Crippen molar-refractivity contribution >= 4 is 22.6 Å². The molecule has 1 N–H and O–H groups in total. The zero-order chi connectivity index (χ0) is 17.8. The second-order valence-electron chi connectivity index (χ2n) is 6.99. The van der Waals surface area contributed by atoms with Crippen LogP contribution < -0.4 is 5.32 Å². The number of hydrogen-bond acceptors (Lipinski definition) is 3. The van der Waals surface area contributed by atoms with Gasteiger partial charge in [-0.1, -0.05) is 50.1 Å². The summed E-state index contributed by atoms with van der Waals surface area (Å²) in [5.41, 5.74) is 0.462. The highest BCUT2D eigenvalue weighted by atomic mass is 16.5.